The summed E-state index contributed by atoms with van der Waals surface area (Å²) in [5, 5.41) is 3.46. The maximum absolute atomic E-state index is 11.4. The number of likely N-dealkylation sites (tertiary alicyclic amines) is 1. The minimum atomic E-state index is 0.139. The number of nitrogens with two attached hydrogens (primary N) is 1. The number of amidine groups is 1. The fourth-order valence-electron chi connectivity index (χ4n) is 3.05. The van der Waals surface area contributed by atoms with Crippen LogP contribution in [0.25, 0.3) is 0 Å². The number of hydrogen-bond acceptors (Lipinski definition) is 4. The summed E-state index contributed by atoms with van der Waals surface area (Å²) < 4.78 is 0. The highest BCUT2D eigenvalue weighted by Crippen LogP contribution is 2.24. The van der Waals surface area contributed by atoms with Gasteiger partial charge < -0.3 is 16.0 Å². The number of nitrogens with one attached hydrogen (secondary N) is 1. The predicted molar refractivity (Wildman–Crippen MR) is 91.5 cm³/mol. The normalized spacial score (nSPS) is 20.2. The van der Waals surface area contributed by atoms with Gasteiger partial charge in [0.15, 0.2) is 0 Å². The Hall–Kier alpha value is -2.11. The van der Waals surface area contributed by atoms with Gasteiger partial charge in [-0.2, -0.15) is 0 Å². The van der Waals surface area contributed by atoms with Crippen molar-refractivity contribution in [3.05, 3.63) is 23.9 Å². The molecule has 0 spiro atoms. The van der Waals surface area contributed by atoms with E-state index in [2.05, 4.69) is 15.3 Å². The van der Waals surface area contributed by atoms with Crippen molar-refractivity contribution in [2.24, 2.45) is 10.7 Å². The maximum Gasteiger partial charge on any atom is 0.219 e. The van der Waals surface area contributed by atoms with E-state index in [4.69, 9.17) is 5.73 Å². The van der Waals surface area contributed by atoms with E-state index >= 15 is 0 Å². The average Bonchev–Trinajstić information content (AvgIpc) is 2.52. The molecule has 0 radical (unpaired) electrons. The Kier molecular flexibility index (Phi) is 4.79. The molecule has 0 unspecified atom stereocenters. The zero-order chi connectivity index (χ0) is 16.2. The molecule has 1 aromatic rings. The number of piperidine rings is 1. The standard InChI is InChI=1S/C17H25N5O/c1-12(23)22-10-7-14(8-11-22)20-16(18)15-6-3-9-19-17(15)21-13-4-2-5-13/h3,6,9,13-14H,2,4-5,7-8,10-11H2,1H3,(H2,18,20)(H,19,21). The Morgan fingerprint density at radius 1 is 1.35 bits per heavy atom. The maximum atomic E-state index is 11.4. The van der Waals surface area contributed by atoms with Gasteiger partial charge in [-0.3, -0.25) is 9.79 Å². The van der Waals surface area contributed by atoms with Crippen molar-refractivity contribution in [3.8, 4) is 0 Å². The lowest BCUT2D eigenvalue weighted by molar-refractivity contribution is -0.129. The van der Waals surface area contributed by atoms with Crippen molar-refractivity contribution in [2.45, 2.75) is 51.1 Å². The van der Waals surface area contributed by atoms with Crippen LogP contribution in [0.5, 0.6) is 0 Å². The van der Waals surface area contributed by atoms with Crippen LogP contribution in [0.2, 0.25) is 0 Å². The molecule has 1 saturated carbocycles. The van der Waals surface area contributed by atoms with Crippen molar-refractivity contribution >= 4 is 17.6 Å². The first-order chi connectivity index (χ1) is 11.1. The summed E-state index contributed by atoms with van der Waals surface area (Å²) in [6.45, 7) is 3.14. The van der Waals surface area contributed by atoms with Crippen LogP contribution in [0.15, 0.2) is 23.3 Å². The van der Waals surface area contributed by atoms with Crippen molar-refractivity contribution in [1.29, 1.82) is 0 Å². The van der Waals surface area contributed by atoms with E-state index in [-0.39, 0.29) is 11.9 Å². The molecule has 0 aromatic carbocycles. The van der Waals surface area contributed by atoms with E-state index in [1.165, 1.54) is 19.3 Å². The van der Waals surface area contributed by atoms with Gasteiger partial charge in [0, 0.05) is 32.3 Å². The zero-order valence-corrected chi connectivity index (χ0v) is 13.7. The number of aliphatic imine (C=N–C) groups is 1. The second kappa shape index (κ2) is 6.98. The van der Waals surface area contributed by atoms with Crippen LogP contribution in [-0.2, 0) is 4.79 Å². The number of anilines is 1. The van der Waals surface area contributed by atoms with Gasteiger partial charge >= 0.3 is 0 Å². The first-order valence-electron chi connectivity index (χ1n) is 8.44. The lowest BCUT2D eigenvalue weighted by atomic mass is 9.93. The Bertz CT molecular complexity index is 588. The smallest absolute Gasteiger partial charge is 0.219 e. The molecule has 1 amide bonds. The highest BCUT2D eigenvalue weighted by Gasteiger charge is 2.22. The van der Waals surface area contributed by atoms with Gasteiger partial charge in [0.05, 0.1) is 11.6 Å². The SMILES string of the molecule is CC(=O)N1CCC(N=C(N)c2cccnc2NC2CCC2)CC1. The van der Waals surface area contributed by atoms with Gasteiger partial charge in [0.2, 0.25) is 5.91 Å². The molecule has 124 valence electrons. The van der Waals surface area contributed by atoms with Crippen molar-refractivity contribution in [2.75, 3.05) is 18.4 Å². The lowest BCUT2D eigenvalue weighted by Gasteiger charge is -2.30. The number of nitrogens with zero attached hydrogens (tertiary/aromatic N) is 3. The fraction of sp³-hybridized carbons (Fsp3) is 0.588. The number of amides is 1. The van der Waals surface area contributed by atoms with Crippen LogP contribution in [0, 0.1) is 0 Å². The second-order valence-corrected chi connectivity index (χ2v) is 6.42. The summed E-state index contributed by atoms with van der Waals surface area (Å²) in [7, 11) is 0. The van der Waals surface area contributed by atoms with Gasteiger partial charge in [-0.25, -0.2) is 4.98 Å². The second-order valence-electron chi connectivity index (χ2n) is 6.42. The molecule has 3 N–H and O–H groups in total. The van der Waals surface area contributed by atoms with Crippen LogP contribution in [0.4, 0.5) is 5.82 Å². The molecule has 0 bridgehead atoms. The molecule has 1 aliphatic carbocycles. The first-order valence-corrected chi connectivity index (χ1v) is 8.44. The van der Waals surface area contributed by atoms with Gasteiger partial charge in [0.1, 0.15) is 11.7 Å². The van der Waals surface area contributed by atoms with E-state index < -0.39 is 0 Å². The van der Waals surface area contributed by atoms with E-state index in [0.29, 0.717) is 11.9 Å². The number of aromatic nitrogens is 1. The van der Waals surface area contributed by atoms with E-state index in [1.54, 1.807) is 13.1 Å². The Labute approximate surface area is 137 Å². The number of pyridine rings is 1. The third-order valence-corrected chi connectivity index (χ3v) is 4.76. The lowest BCUT2D eigenvalue weighted by Crippen LogP contribution is -2.39. The van der Waals surface area contributed by atoms with Crippen LogP contribution < -0.4 is 11.1 Å². The Morgan fingerprint density at radius 2 is 2.09 bits per heavy atom. The molecule has 2 aliphatic rings. The molecule has 23 heavy (non-hydrogen) atoms. The van der Waals surface area contributed by atoms with E-state index in [0.717, 1.165) is 37.3 Å². The quantitative estimate of drug-likeness (QED) is 0.655. The van der Waals surface area contributed by atoms with Crippen LogP contribution in [0.1, 0.15) is 44.6 Å². The fourth-order valence-corrected chi connectivity index (χ4v) is 3.05. The summed E-state index contributed by atoms with van der Waals surface area (Å²) >= 11 is 0. The largest absolute Gasteiger partial charge is 0.383 e. The summed E-state index contributed by atoms with van der Waals surface area (Å²) in [5.74, 6) is 1.51. The minimum absolute atomic E-state index is 0.139. The molecule has 6 nitrogen and oxygen atoms in total. The summed E-state index contributed by atoms with van der Waals surface area (Å²) in [4.78, 5) is 22.4. The monoisotopic (exact) mass is 315 g/mol. The molecule has 1 aromatic heterocycles. The molecule has 1 saturated heterocycles. The van der Waals surface area contributed by atoms with Gasteiger partial charge in [-0.05, 0) is 44.2 Å². The van der Waals surface area contributed by atoms with Crippen LogP contribution in [-0.4, -0.2) is 46.8 Å². The first kappa shape index (κ1) is 15.8. The average molecular weight is 315 g/mol. The van der Waals surface area contributed by atoms with Crippen molar-refractivity contribution in [1.82, 2.24) is 9.88 Å². The molecular formula is C17H25N5O. The molecular weight excluding hydrogens is 290 g/mol. The van der Waals surface area contributed by atoms with Gasteiger partial charge in [0.25, 0.3) is 0 Å². The highest BCUT2D eigenvalue weighted by molar-refractivity contribution is 6.01. The minimum Gasteiger partial charge on any atom is -0.383 e. The Morgan fingerprint density at radius 3 is 2.70 bits per heavy atom. The van der Waals surface area contributed by atoms with Crippen LogP contribution in [0.3, 0.4) is 0 Å². The highest BCUT2D eigenvalue weighted by atomic mass is 16.2. The molecule has 0 atom stereocenters. The summed E-state index contributed by atoms with van der Waals surface area (Å²) in [6.07, 6.45) is 7.17. The molecule has 2 heterocycles. The molecule has 1 aliphatic heterocycles. The topological polar surface area (TPSA) is 83.6 Å². The third-order valence-electron chi connectivity index (χ3n) is 4.76. The summed E-state index contributed by atoms with van der Waals surface area (Å²) in [6, 6.07) is 4.55. The number of carbonyl (C=O) groups is 1. The molecule has 3 rings (SSSR count). The molecule has 2 fully saturated rings. The van der Waals surface area contributed by atoms with Gasteiger partial charge in [-0.15, -0.1) is 0 Å². The van der Waals surface area contributed by atoms with Gasteiger partial charge in [-0.1, -0.05) is 0 Å². The number of rotatable bonds is 4. The van der Waals surface area contributed by atoms with Crippen LogP contribution >= 0.6 is 0 Å². The Balaban J connectivity index is 1.67. The number of hydrogen-bond donors (Lipinski definition) is 2. The summed E-state index contributed by atoms with van der Waals surface area (Å²) in [5.41, 5.74) is 7.13. The molecule has 6 heteroatoms. The van der Waals surface area contributed by atoms with Crippen molar-refractivity contribution in [3.63, 3.8) is 0 Å². The number of carbonyl (C=O) groups excluding carboxylic acids is 1. The third kappa shape index (κ3) is 3.81. The van der Waals surface area contributed by atoms with E-state index in [9.17, 15) is 4.79 Å². The van der Waals surface area contributed by atoms with E-state index in [1.807, 2.05) is 17.0 Å². The zero-order valence-electron chi connectivity index (χ0n) is 13.7. The predicted octanol–water partition coefficient (Wildman–Crippen LogP) is 1.76. The van der Waals surface area contributed by atoms with Crippen molar-refractivity contribution < 1.29 is 4.79 Å².